The maximum Gasteiger partial charge on any atom is 0.164 e. The predicted molar refractivity (Wildman–Crippen MR) is 61.4 cm³/mol. The summed E-state index contributed by atoms with van der Waals surface area (Å²) in [7, 11) is 1.38. The molecule has 1 aromatic rings. The lowest BCUT2D eigenvalue weighted by Crippen LogP contribution is -2.01. The first kappa shape index (κ1) is 13.0. The van der Waals surface area contributed by atoms with E-state index in [1.54, 1.807) is 6.92 Å². The fourth-order valence-electron chi connectivity index (χ4n) is 1.48. The molecule has 3 nitrogen and oxygen atoms in total. The van der Waals surface area contributed by atoms with Crippen molar-refractivity contribution in [3.63, 3.8) is 0 Å². The van der Waals surface area contributed by atoms with Crippen LogP contribution in [0.25, 0.3) is 0 Å². The molecule has 1 unspecified atom stereocenters. The fourth-order valence-corrected chi connectivity index (χ4v) is 1.90. The SMILES string of the molecule is COc1cc(Br)c(F)c(C(C)CC=O)c1O. The van der Waals surface area contributed by atoms with E-state index in [2.05, 4.69) is 15.9 Å². The highest BCUT2D eigenvalue weighted by molar-refractivity contribution is 9.10. The zero-order chi connectivity index (χ0) is 12.3. The van der Waals surface area contributed by atoms with E-state index in [1.807, 2.05) is 0 Å². The quantitative estimate of drug-likeness (QED) is 0.867. The second kappa shape index (κ2) is 5.30. The van der Waals surface area contributed by atoms with Crippen molar-refractivity contribution in [2.75, 3.05) is 7.11 Å². The van der Waals surface area contributed by atoms with Gasteiger partial charge in [0.15, 0.2) is 11.5 Å². The van der Waals surface area contributed by atoms with Gasteiger partial charge in [-0.2, -0.15) is 0 Å². The van der Waals surface area contributed by atoms with E-state index in [0.29, 0.717) is 6.29 Å². The van der Waals surface area contributed by atoms with E-state index in [0.717, 1.165) is 0 Å². The van der Waals surface area contributed by atoms with Crippen LogP contribution in [0.2, 0.25) is 0 Å². The molecule has 1 rings (SSSR count). The molecular formula is C11H12BrFO3. The number of aldehydes is 1. The minimum absolute atomic E-state index is 0.0957. The molecule has 0 aliphatic carbocycles. The maximum atomic E-state index is 13.8. The smallest absolute Gasteiger partial charge is 0.164 e. The zero-order valence-corrected chi connectivity index (χ0v) is 10.5. The molecule has 0 saturated carbocycles. The van der Waals surface area contributed by atoms with Gasteiger partial charge in [0.2, 0.25) is 0 Å². The van der Waals surface area contributed by atoms with Crippen molar-refractivity contribution in [3.8, 4) is 11.5 Å². The van der Waals surface area contributed by atoms with E-state index in [4.69, 9.17) is 4.74 Å². The Hall–Kier alpha value is -1.10. The lowest BCUT2D eigenvalue weighted by Gasteiger charge is -2.15. The summed E-state index contributed by atoms with van der Waals surface area (Å²) >= 11 is 3.04. The first-order chi connectivity index (χ1) is 7.52. The second-order valence-electron chi connectivity index (χ2n) is 3.44. The van der Waals surface area contributed by atoms with E-state index in [9.17, 15) is 14.3 Å². The van der Waals surface area contributed by atoms with Crippen LogP contribution in [0, 0.1) is 5.82 Å². The lowest BCUT2D eigenvalue weighted by molar-refractivity contribution is -0.108. The third-order valence-corrected chi connectivity index (χ3v) is 2.93. The molecule has 0 spiro atoms. The number of benzene rings is 1. The number of halogens is 2. The van der Waals surface area contributed by atoms with Crippen LogP contribution < -0.4 is 4.74 Å². The Kier molecular flexibility index (Phi) is 4.29. The average Bonchev–Trinajstić information content (AvgIpc) is 2.24. The molecule has 0 radical (unpaired) electrons. The van der Waals surface area contributed by atoms with Crippen molar-refractivity contribution in [2.45, 2.75) is 19.3 Å². The third kappa shape index (κ3) is 2.35. The predicted octanol–water partition coefficient (Wildman–Crippen LogP) is 2.99. The highest BCUT2D eigenvalue weighted by atomic mass is 79.9. The molecule has 0 heterocycles. The molecule has 0 aromatic heterocycles. The molecule has 0 amide bonds. The maximum absolute atomic E-state index is 13.8. The van der Waals surface area contributed by atoms with Gasteiger partial charge in [-0.25, -0.2) is 4.39 Å². The monoisotopic (exact) mass is 290 g/mol. The molecular weight excluding hydrogens is 279 g/mol. The van der Waals surface area contributed by atoms with Crippen molar-refractivity contribution < 1.29 is 19.0 Å². The highest BCUT2D eigenvalue weighted by Gasteiger charge is 2.21. The van der Waals surface area contributed by atoms with E-state index in [-0.39, 0.29) is 28.0 Å². The first-order valence-corrected chi connectivity index (χ1v) is 5.50. The van der Waals surface area contributed by atoms with Crippen molar-refractivity contribution in [1.29, 1.82) is 0 Å². The van der Waals surface area contributed by atoms with Crippen molar-refractivity contribution in [2.24, 2.45) is 0 Å². The number of methoxy groups -OCH3 is 1. The summed E-state index contributed by atoms with van der Waals surface area (Å²) in [5, 5.41) is 9.79. The largest absolute Gasteiger partial charge is 0.504 e. The van der Waals surface area contributed by atoms with Crippen LogP contribution in [0.1, 0.15) is 24.8 Å². The molecule has 0 bridgehead atoms. The van der Waals surface area contributed by atoms with E-state index in [1.165, 1.54) is 13.2 Å². The molecule has 88 valence electrons. The average molecular weight is 291 g/mol. The lowest BCUT2D eigenvalue weighted by atomic mass is 9.96. The van der Waals surface area contributed by atoms with Crippen LogP contribution in [0.4, 0.5) is 4.39 Å². The Morgan fingerprint density at radius 1 is 1.69 bits per heavy atom. The van der Waals surface area contributed by atoms with Gasteiger partial charge in [0.05, 0.1) is 11.6 Å². The summed E-state index contributed by atoms with van der Waals surface area (Å²) in [6.45, 7) is 1.67. The molecule has 5 heteroatoms. The van der Waals surface area contributed by atoms with Crippen molar-refractivity contribution in [1.82, 2.24) is 0 Å². The number of hydrogen-bond donors (Lipinski definition) is 1. The zero-order valence-electron chi connectivity index (χ0n) is 8.96. The molecule has 16 heavy (non-hydrogen) atoms. The summed E-state index contributed by atoms with van der Waals surface area (Å²) < 4.78 is 18.9. The Balaban J connectivity index is 3.34. The summed E-state index contributed by atoms with van der Waals surface area (Å²) in [5.41, 5.74) is 0.0957. The van der Waals surface area contributed by atoms with Crippen molar-refractivity contribution >= 4 is 22.2 Å². The molecule has 0 aliphatic rings. The Labute approximate surface area is 101 Å². The third-order valence-electron chi connectivity index (χ3n) is 2.35. The van der Waals surface area contributed by atoms with Gasteiger partial charge in [0.1, 0.15) is 12.1 Å². The van der Waals surface area contributed by atoms with Gasteiger partial charge < -0.3 is 14.6 Å². The van der Waals surface area contributed by atoms with Gasteiger partial charge in [0.25, 0.3) is 0 Å². The van der Waals surface area contributed by atoms with Gasteiger partial charge >= 0.3 is 0 Å². The van der Waals surface area contributed by atoms with Crippen LogP contribution in [0.5, 0.6) is 11.5 Å². The van der Waals surface area contributed by atoms with Gasteiger partial charge in [-0.3, -0.25) is 0 Å². The van der Waals surface area contributed by atoms with Crippen molar-refractivity contribution in [3.05, 3.63) is 21.9 Å². The van der Waals surface area contributed by atoms with Crippen LogP contribution in [0.15, 0.2) is 10.5 Å². The van der Waals surface area contributed by atoms with E-state index < -0.39 is 11.7 Å². The molecule has 1 aromatic carbocycles. The molecule has 1 N–H and O–H groups in total. The molecule has 0 saturated heterocycles. The summed E-state index contributed by atoms with van der Waals surface area (Å²) in [6.07, 6.45) is 0.834. The molecule has 0 aliphatic heterocycles. The number of carbonyl (C=O) groups excluding carboxylic acids is 1. The Morgan fingerprint density at radius 2 is 2.31 bits per heavy atom. The summed E-state index contributed by atoms with van der Waals surface area (Å²) in [5.74, 6) is -1.03. The van der Waals surface area contributed by atoms with E-state index >= 15 is 0 Å². The van der Waals surface area contributed by atoms with Gasteiger partial charge in [0, 0.05) is 18.1 Å². The fraction of sp³-hybridized carbons (Fsp3) is 0.364. The summed E-state index contributed by atoms with van der Waals surface area (Å²) in [4.78, 5) is 10.4. The highest BCUT2D eigenvalue weighted by Crippen LogP contribution is 2.40. The standard InChI is InChI=1S/C11H12BrFO3/c1-6(3-4-14)9-10(13)7(12)5-8(16-2)11(9)15/h4-6,15H,3H2,1-2H3. The Morgan fingerprint density at radius 3 is 2.81 bits per heavy atom. The van der Waals surface area contributed by atoms with Gasteiger partial charge in [-0.15, -0.1) is 0 Å². The topological polar surface area (TPSA) is 46.5 Å². The molecule has 0 fully saturated rings. The number of aromatic hydroxyl groups is 1. The normalized spacial score (nSPS) is 12.2. The number of hydrogen-bond acceptors (Lipinski definition) is 3. The minimum atomic E-state index is -0.562. The van der Waals surface area contributed by atoms with Crippen LogP contribution in [0.3, 0.4) is 0 Å². The first-order valence-electron chi connectivity index (χ1n) is 4.71. The molecule has 1 atom stereocenters. The Bertz CT molecular complexity index is 407. The number of rotatable bonds is 4. The van der Waals surface area contributed by atoms with Gasteiger partial charge in [-0.05, 0) is 21.8 Å². The number of ether oxygens (including phenoxy) is 1. The van der Waals surface area contributed by atoms with Crippen LogP contribution >= 0.6 is 15.9 Å². The number of phenols is 1. The van der Waals surface area contributed by atoms with Crippen LogP contribution in [-0.4, -0.2) is 18.5 Å². The second-order valence-corrected chi connectivity index (χ2v) is 4.29. The minimum Gasteiger partial charge on any atom is -0.504 e. The van der Waals surface area contributed by atoms with Gasteiger partial charge in [-0.1, -0.05) is 6.92 Å². The number of phenolic OH excluding ortho intramolecular Hbond substituents is 1. The number of carbonyl (C=O) groups is 1. The van der Waals surface area contributed by atoms with Crippen LogP contribution in [-0.2, 0) is 4.79 Å². The summed E-state index contributed by atoms with van der Waals surface area (Å²) in [6, 6.07) is 1.35.